The zero-order valence-electron chi connectivity index (χ0n) is 20.0. The predicted octanol–water partition coefficient (Wildman–Crippen LogP) is 5.27. The molecule has 2 aliphatic rings. The highest BCUT2D eigenvalue weighted by atomic mass is 35.5. The Kier molecular flexibility index (Phi) is 5.87. The Morgan fingerprint density at radius 1 is 1.11 bits per heavy atom. The summed E-state index contributed by atoms with van der Waals surface area (Å²) in [5.41, 5.74) is 1.69. The fourth-order valence-corrected chi connectivity index (χ4v) is 7.61. The Bertz CT molecular complexity index is 1400. The number of carbonyl (C=O) groups is 1. The number of sulfone groups is 1. The van der Waals surface area contributed by atoms with Gasteiger partial charge < -0.3 is 14.8 Å². The van der Waals surface area contributed by atoms with Gasteiger partial charge in [0.2, 0.25) is 0 Å². The molecule has 1 aromatic heterocycles. The number of H-pyrrole nitrogens is 1. The summed E-state index contributed by atoms with van der Waals surface area (Å²) >= 11 is 6.16. The second-order valence-electron chi connectivity index (χ2n) is 10.8. The number of hydrogen-bond donors (Lipinski definition) is 1. The van der Waals surface area contributed by atoms with Gasteiger partial charge in [-0.2, -0.15) is 0 Å². The topological polar surface area (TPSA) is 73.5 Å². The molecule has 2 saturated heterocycles. The smallest absolute Gasteiger partial charge is 0.255 e. The summed E-state index contributed by atoms with van der Waals surface area (Å²) in [5, 5.41) is 0.959. The van der Waals surface area contributed by atoms with Crippen molar-refractivity contribution < 1.29 is 17.6 Å². The molecule has 2 fully saturated rings. The lowest BCUT2D eigenvalue weighted by Gasteiger charge is -2.43. The number of aromatic nitrogens is 1. The van der Waals surface area contributed by atoms with Gasteiger partial charge in [-0.3, -0.25) is 4.79 Å². The van der Waals surface area contributed by atoms with Crippen molar-refractivity contribution >= 4 is 43.9 Å². The highest BCUT2D eigenvalue weighted by Crippen LogP contribution is 2.40. The predicted molar refractivity (Wildman–Crippen MR) is 136 cm³/mol. The molecule has 1 N–H and O–H groups in total. The number of likely N-dealkylation sites (tertiary alicyclic amines) is 1. The average Bonchev–Trinajstić information content (AvgIpc) is 3.32. The monoisotopic (exact) mass is 517 g/mol. The number of hydrogen-bond acceptors (Lipinski definition) is 4. The lowest BCUT2D eigenvalue weighted by Crippen LogP contribution is -2.55. The highest BCUT2D eigenvalue weighted by Gasteiger charge is 2.43. The molecule has 0 spiro atoms. The molecule has 0 aliphatic carbocycles. The summed E-state index contributed by atoms with van der Waals surface area (Å²) in [6.45, 7) is 6.74. The minimum atomic E-state index is -3.48. The third-order valence-electron chi connectivity index (χ3n) is 6.80. The van der Waals surface area contributed by atoms with Crippen LogP contribution in [0.3, 0.4) is 0 Å². The summed E-state index contributed by atoms with van der Waals surface area (Å²) in [5.74, 6) is -0.631. The van der Waals surface area contributed by atoms with Gasteiger partial charge in [-0.05, 0) is 54.7 Å². The summed E-state index contributed by atoms with van der Waals surface area (Å²) in [4.78, 5) is 20.9. The van der Waals surface area contributed by atoms with E-state index in [1.54, 1.807) is 17.0 Å². The first-order chi connectivity index (χ1) is 16.4. The fourth-order valence-electron chi connectivity index (χ4n) is 5.46. The number of nitrogens with one attached hydrogen (secondary N) is 1. The molecule has 2 bridgehead atoms. The minimum Gasteiger partial charge on any atom is -0.360 e. The van der Waals surface area contributed by atoms with Crippen LogP contribution in [-0.4, -0.2) is 55.1 Å². The molecule has 0 radical (unpaired) electrons. The number of rotatable bonds is 4. The molecule has 2 atom stereocenters. The Hall–Kier alpha value is -2.58. The summed E-state index contributed by atoms with van der Waals surface area (Å²) in [6, 6.07) is 9.36. The molecule has 6 nitrogen and oxygen atoms in total. The Balaban J connectivity index is 1.48. The molecule has 2 aliphatic heterocycles. The van der Waals surface area contributed by atoms with Crippen molar-refractivity contribution in [1.29, 1.82) is 0 Å². The Morgan fingerprint density at radius 3 is 2.43 bits per heavy atom. The van der Waals surface area contributed by atoms with E-state index >= 15 is 0 Å². The number of nitrogens with zero attached hydrogens (tertiary/aromatic N) is 2. The lowest BCUT2D eigenvalue weighted by atomic mass is 10.0. The lowest BCUT2D eigenvalue weighted by molar-refractivity contribution is 0.0718. The van der Waals surface area contributed by atoms with Crippen LogP contribution in [-0.2, 0) is 9.84 Å². The van der Waals surface area contributed by atoms with Crippen LogP contribution < -0.4 is 4.90 Å². The maximum atomic E-state index is 13.5. The number of amides is 1. The van der Waals surface area contributed by atoms with Gasteiger partial charge in [0.15, 0.2) is 9.84 Å². The van der Waals surface area contributed by atoms with Gasteiger partial charge in [0.05, 0.1) is 32.4 Å². The van der Waals surface area contributed by atoms with Crippen LogP contribution in [0.5, 0.6) is 0 Å². The molecular weight excluding hydrogens is 489 g/mol. The quantitative estimate of drug-likeness (QED) is 0.511. The van der Waals surface area contributed by atoms with Gasteiger partial charge >= 0.3 is 0 Å². The highest BCUT2D eigenvalue weighted by molar-refractivity contribution is 7.91. The molecule has 1 amide bonds. The van der Waals surface area contributed by atoms with Crippen molar-refractivity contribution in [3.63, 3.8) is 0 Å². The molecule has 3 heterocycles. The average molecular weight is 518 g/mol. The van der Waals surface area contributed by atoms with E-state index in [9.17, 15) is 17.6 Å². The molecule has 35 heavy (non-hydrogen) atoms. The van der Waals surface area contributed by atoms with E-state index in [0.29, 0.717) is 23.5 Å². The van der Waals surface area contributed by atoms with Crippen LogP contribution in [0.15, 0.2) is 47.5 Å². The SMILES string of the molecule is CC(C)(C)CS(=O)(=O)c1cc(N2[C@@H]3CC[C@H]2CN(C(=O)c2ccc(F)cc2Cl)C3)c2[nH]ccc2c1. The van der Waals surface area contributed by atoms with Crippen molar-refractivity contribution in [1.82, 2.24) is 9.88 Å². The van der Waals surface area contributed by atoms with E-state index < -0.39 is 15.7 Å². The van der Waals surface area contributed by atoms with Gasteiger partial charge in [-0.25, -0.2) is 12.8 Å². The molecule has 0 unspecified atom stereocenters. The van der Waals surface area contributed by atoms with Crippen molar-refractivity contribution in [2.75, 3.05) is 23.7 Å². The first-order valence-corrected chi connectivity index (χ1v) is 13.8. The minimum absolute atomic E-state index is 0.0454. The molecule has 186 valence electrons. The first-order valence-electron chi connectivity index (χ1n) is 11.8. The molecule has 2 aromatic carbocycles. The fraction of sp³-hybridized carbons (Fsp3) is 0.423. The van der Waals surface area contributed by atoms with E-state index in [1.165, 1.54) is 12.1 Å². The van der Waals surface area contributed by atoms with Gasteiger partial charge in [-0.1, -0.05) is 32.4 Å². The molecule has 0 saturated carbocycles. The van der Waals surface area contributed by atoms with Crippen molar-refractivity contribution in [2.24, 2.45) is 5.41 Å². The number of piperazine rings is 1. The first kappa shape index (κ1) is 24.1. The Morgan fingerprint density at radius 2 is 1.80 bits per heavy atom. The van der Waals surface area contributed by atoms with Crippen LogP contribution >= 0.6 is 11.6 Å². The van der Waals surface area contributed by atoms with Gasteiger partial charge in [0, 0.05) is 36.8 Å². The largest absolute Gasteiger partial charge is 0.360 e. The number of benzene rings is 2. The van der Waals surface area contributed by atoms with Crippen LogP contribution in [0.4, 0.5) is 10.1 Å². The molecule has 3 aromatic rings. The maximum Gasteiger partial charge on any atom is 0.255 e. The van der Waals surface area contributed by atoms with E-state index in [4.69, 9.17) is 11.6 Å². The van der Waals surface area contributed by atoms with E-state index in [0.717, 1.165) is 35.5 Å². The number of aromatic amines is 1. The molecule has 9 heteroatoms. The van der Waals surface area contributed by atoms with E-state index in [2.05, 4.69) is 9.88 Å². The summed E-state index contributed by atoms with van der Waals surface area (Å²) in [6.07, 6.45) is 3.62. The number of fused-ring (bicyclic) bond motifs is 3. The van der Waals surface area contributed by atoms with Gasteiger partial charge in [0.25, 0.3) is 5.91 Å². The third kappa shape index (κ3) is 4.54. The normalized spacial score (nSPS) is 20.6. The van der Waals surface area contributed by atoms with Crippen molar-refractivity contribution in [3.8, 4) is 0 Å². The standard InChI is InChI=1S/C26H29ClFN3O3S/c1-26(2,3)15-35(33,34)20-10-16-8-9-29-24(16)23(12-20)31-18-5-6-19(31)14-30(13-18)25(32)21-7-4-17(28)11-22(21)27/h4,7-12,18-19,29H,5-6,13-15H2,1-3H3/t18-,19+. The van der Waals surface area contributed by atoms with Gasteiger partial charge in [0.1, 0.15) is 5.82 Å². The maximum absolute atomic E-state index is 13.5. The molecular formula is C26H29ClFN3O3S. The van der Waals surface area contributed by atoms with Gasteiger partial charge in [-0.15, -0.1) is 0 Å². The zero-order valence-corrected chi connectivity index (χ0v) is 21.6. The van der Waals surface area contributed by atoms with Crippen LogP contribution in [0, 0.1) is 11.2 Å². The number of anilines is 1. The second kappa shape index (κ2) is 8.52. The zero-order chi connectivity index (χ0) is 25.1. The molecule has 5 rings (SSSR count). The van der Waals surface area contributed by atoms with Crippen LogP contribution in [0.25, 0.3) is 10.9 Å². The van der Waals surface area contributed by atoms with E-state index in [-0.39, 0.29) is 34.2 Å². The summed E-state index contributed by atoms with van der Waals surface area (Å²) < 4.78 is 40.0. The van der Waals surface area contributed by atoms with Crippen LogP contribution in [0.1, 0.15) is 44.0 Å². The third-order valence-corrected chi connectivity index (χ3v) is 9.32. The van der Waals surface area contributed by atoms with Crippen LogP contribution in [0.2, 0.25) is 5.02 Å². The van der Waals surface area contributed by atoms with E-state index in [1.807, 2.05) is 33.0 Å². The number of halogens is 2. The second-order valence-corrected chi connectivity index (χ2v) is 13.2. The van der Waals surface area contributed by atoms with Crippen molar-refractivity contribution in [2.45, 2.75) is 50.6 Å². The van der Waals surface area contributed by atoms with Crippen molar-refractivity contribution in [3.05, 3.63) is 59.0 Å². The number of carbonyl (C=O) groups excluding carboxylic acids is 1. The summed E-state index contributed by atoms with van der Waals surface area (Å²) in [7, 11) is -3.48. The Labute approximate surface area is 210 Å².